The van der Waals surface area contributed by atoms with Crippen molar-refractivity contribution in [3.8, 4) is 11.9 Å². The van der Waals surface area contributed by atoms with Crippen LogP contribution in [0.2, 0.25) is 0 Å². The summed E-state index contributed by atoms with van der Waals surface area (Å²) in [4.78, 5) is 8.13. The summed E-state index contributed by atoms with van der Waals surface area (Å²) in [5.74, 6) is 1.21. The van der Waals surface area contributed by atoms with E-state index in [1.807, 2.05) is 0 Å². The number of aromatic nitrogens is 4. The average molecular weight is 285 g/mol. The second-order valence-electron chi connectivity index (χ2n) is 4.73. The fourth-order valence-corrected chi connectivity index (χ4v) is 2.25. The number of hydrogen-bond acceptors (Lipinski definition) is 7. The zero-order valence-electron chi connectivity index (χ0n) is 11.4. The van der Waals surface area contributed by atoms with Crippen molar-refractivity contribution in [1.29, 1.82) is 5.26 Å². The van der Waals surface area contributed by atoms with E-state index in [0.717, 1.165) is 12.8 Å². The van der Waals surface area contributed by atoms with Gasteiger partial charge in [0.05, 0.1) is 6.20 Å². The molecule has 0 amide bonds. The Morgan fingerprint density at radius 2 is 2.19 bits per heavy atom. The molecular formula is C13H15N7O. The number of rotatable bonds is 3. The molecule has 8 nitrogen and oxygen atoms in total. The standard InChI is InChI=1S/C13H15N7O/c14-7-10-12(15)20(11-8-16-3-4-17-11)19-13(10)18-9-1-5-21-6-2-9/h3-4,8-9H,1-2,5-6,15H2,(H,18,19). The number of nitriles is 1. The molecule has 0 radical (unpaired) electrons. The van der Waals surface area contributed by atoms with Gasteiger partial charge in [-0.25, -0.2) is 4.98 Å². The molecule has 2 aromatic heterocycles. The fraction of sp³-hybridized carbons (Fsp3) is 0.385. The van der Waals surface area contributed by atoms with Gasteiger partial charge in [0.15, 0.2) is 11.6 Å². The minimum atomic E-state index is 0.232. The van der Waals surface area contributed by atoms with Gasteiger partial charge in [-0.3, -0.25) is 4.98 Å². The molecule has 108 valence electrons. The predicted molar refractivity (Wildman–Crippen MR) is 75.7 cm³/mol. The molecule has 0 unspecified atom stereocenters. The summed E-state index contributed by atoms with van der Waals surface area (Å²) in [5.41, 5.74) is 6.32. The molecule has 1 aliphatic rings. The number of nitrogens with one attached hydrogen (secondary N) is 1. The Bertz CT molecular complexity index is 655. The summed E-state index contributed by atoms with van der Waals surface area (Å²) < 4.78 is 6.74. The van der Waals surface area contributed by atoms with E-state index in [4.69, 9.17) is 10.5 Å². The number of ether oxygens (including phenoxy) is 1. The van der Waals surface area contributed by atoms with E-state index in [0.29, 0.717) is 30.4 Å². The molecule has 0 spiro atoms. The lowest BCUT2D eigenvalue weighted by atomic mass is 10.1. The molecule has 8 heteroatoms. The van der Waals surface area contributed by atoms with Crippen LogP contribution < -0.4 is 11.1 Å². The molecule has 3 heterocycles. The first-order valence-electron chi connectivity index (χ1n) is 6.69. The lowest BCUT2D eigenvalue weighted by Gasteiger charge is -2.22. The van der Waals surface area contributed by atoms with E-state index in [-0.39, 0.29) is 11.9 Å². The van der Waals surface area contributed by atoms with Crippen LogP contribution in [0.4, 0.5) is 11.6 Å². The topological polar surface area (TPSA) is 115 Å². The highest BCUT2D eigenvalue weighted by atomic mass is 16.5. The Balaban J connectivity index is 1.92. The molecular weight excluding hydrogens is 270 g/mol. The molecule has 0 bridgehead atoms. The lowest BCUT2D eigenvalue weighted by molar-refractivity contribution is 0.0904. The molecule has 21 heavy (non-hydrogen) atoms. The zero-order chi connectivity index (χ0) is 14.7. The first-order chi connectivity index (χ1) is 10.3. The monoisotopic (exact) mass is 285 g/mol. The van der Waals surface area contributed by atoms with Crippen molar-refractivity contribution in [2.75, 3.05) is 24.3 Å². The van der Waals surface area contributed by atoms with Gasteiger partial charge in [0, 0.05) is 31.6 Å². The maximum Gasteiger partial charge on any atom is 0.174 e. The normalized spacial score (nSPS) is 15.6. The quantitative estimate of drug-likeness (QED) is 0.853. The highest BCUT2D eigenvalue weighted by Crippen LogP contribution is 2.25. The number of anilines is 2. The van der Waals surface area contributed by atoms with Gasteiger partial charge in [-0.1, -0.05) is 0 Å². The number of nitrogens with zero attached hydrogens (tertiary/aromatic N) is 5. The fourth-order valence-electron chi connectivity index (χ4n) is 2.25. The Morgan fingerprint density at radius 3 is 2.86 bits per heavy atom. The molecule has 0 atom stereocenters. The molecule has 0 aliphatic carbocycles. The van der Waals surface area contributed by atoms with Crippen molar-refractivity contribution in [3.05, 3.63) is 24.2 Å². The van der Waals surface area contributed by atoms with Gasteiger partial charge < -0.3 is 15.8 Å². The summed E-state index contributed by atoms with van der Waals surface area (Å²) in [6, 6.07) is 2.33. The molecule has 3 rings (SSSR count). The van der Waals surface area contributed by atoms with E-state index >= 15 is 0 Å². The summed E-state index contributed by atoms with van der Waals surface area (Å²) in [6.07, 6.45) is 6.41. The second kappa shape index (κ2) is 5.76. The average Bonchev–Trinajstić information content (AvgIpc) is 2.85. The number of nitrogen functional groups attached to an aromatic ring is 1. The van der Waals surface area contributed by atoms with E-state index < -0.39 is 0 Å². The van der Waals surface area contributed by atoms with Crippen LogP contribution in [0.3, 0.4) is 0 Å². The molecule has 3 N–H and O–H groups in total. The van der Waals surface area contributed by atoms with Gasteiger partial charge in [0.1, 0.15) is 17.5 Å². The highest BCUT2D eigenvalue weighted by molar-refractivity contribution is 5.65. The molecule has 0 aromatic carbocycles. The van der Waals surface area contributed by atoms with Crippen LogP contribution in [0.15, 0.2) is 18.6 Å². The molecule has 1 fully saturated rings. The Hall–Kier alpha value is -2.66. The van der Waals surface area contributed by atoms with Crippen LogP contribution in [-0.4, -0.2) is 39.0 Å². The molecule has 1 aliphatic heterocycles. The Kier molecular flexibility index (Phi) is 3.66. The first kappa shape index (κ1) is 13.3. The van der Waals surface area contributed by atoms with Crippen molar-refractivity contribution in [2.24, 2.45) is 0 Å². The van der Waals surface area contributed by atoms with Crippen molar-refractivity contribution >= 4 is 11.6 Å². The Morgan fingerprint density at radius 1 is 1.38 bits per heavy atom. The van der Waals surface area contributed by atoms with E-state index in [9.17, 15) is 5.26 Å². The van der Waals surface area contributed by atoms with Gasteiger partial charge in [-0.15, -0.1) is 5.10 Å². The van der Waals surface area contributed by atoms with Crippen molar-refractivity contribution in [1.82, 2.24) is 19.7 Å². The van der Waals surface area contributed by atoms with Gasteiger partial charge in [0.2, 0.25) is 0 Å². The summed E-state index contributed by atoms with van der Waals surface area (Å²) in [7, 11) is 0. The maximum atomic E-state index is 9.30. The molecule has 0 saturated carbocycles. The van der Waals surface area contributed by atoms with Crippen molar-refractivity contribution in [2.45, 2.75) is 18.9 Å². The van der Waals surface area contributed by atoms with E-state index in [2.05, 4.69) is 26.5 Å². The van der Waals surface area contributed by atoms with Crippen molar-refractivity contribution in [3.63, 3.8) is 0 Å². The molecule has 2 aromatic rings. The Labute approximate surface area is 121 Å². The second-order valence-corrected chi connectivity index (χ2v) is 4.73. The summed E-state index contributed by atoms with van der Waals surface area (Å²) >= 11 is 0. The minimum Gasteiger partial charge on any atom is -0.382 e. The van der Waals surface area contributed by atoms with Gasteiger partial charge in [-0.2, -0.15) is 9.94 Å². The molecule has 1 saturated heterocycles. The highest BCUT2D eigenvalue weighted by Gasteiger charge is 2.21. The first-order valence-corrected chi connectivity index (χ1v) is 6.69. The third-order valence-corrected chi connectivity index (χ3v) is 3.36. The van der Waals surface area contributed by atoms with Crippen LogP contribution in [0, 0.1) is 11.3 Å². The zero-order valence-corrected chi connectivity index (χ0v) is 11.4. The summed E-state index contributed by atoms with van der Waals surface area (Å²) in [5, 5.41) is 16.9. The SMILES string of the molecule is N#Cc1c(NC2CCOCC2)nn(-c2cnccn2)c1N. The van der Waals surface area contributed by atoms with Crippen LogP contribution in [0.5, 0.6) is 0 Å². The number of hydrogen-bond donors (Lipinski definition) is 2. The smallest absolute Gasteiger partial charge is 0.174 e. The van der Waals surface area contributed by atoms with Gasteiger partial charge >= 0.3 is 0 Å². The summed E-state index contributed by atoms with van der Waals surface area (Å²) in [6.45, 7) is 1.42. The number of nitrogens with two attached hydrogens (primary N) is 1. The van der Waals surface area contributed by atoms with Gasteiger partial charge in [0.25, 0.3) is 0 Å². The van der Waals surface area contributed by atoms with Crippen LogP contribution >= 0.6 is 0 Å². The maximum absolute atomic E-state index is 9.30. The van der Waals surface area contributed by atoms with Crippen LogP contribution in [0.1, 0.15) is 18.4 Å². The van der Waals surface area contributed by atoms with E-state index in [1.54, 1.807) is 18.6 Å². The minimum absolute atomic E-state index is 0.232. The third kappa shape index (κ3) is 2.64. The largest absolute Gasteiger partial charge is 0.382 e. The van der Waals surface area contributed by atoms with Gasteiger partial charge in [-0.05, 0) is 12.8 Å². The third-order valence-electron chi connectivity index (χ3n) is 3.36. The van der Waals surface area contributed by atoms with Crippen molar-refractivity contribution < 1.29 is 4.74 Å². The predicted octanol–water partition coefficient (Wildman–Crippen LogP) is 0.707. The van der Waals surface area contributed by atoms with Crippen LogP contribution in [0.25, 0.3) is 5.82 Å². The lowest BCUT2D eigenvalue weighted by Crippen LogP contribution is -2.28. The van der Waals surface area contributed by atoms with Crippen LogP contribution in [-0.2, 0) is 4.74 Å². The van der Waals surface area contributed by atoms with E-state index in [1.165, 1.54) is 4.68 Å².